The van der Waals surface area contributed by atoms with Crippen molar-refractivity contribution in [2.24, 2.45) is 0 Å². The number of fused-ring (bicyclic) bond motifs is 1. The molecule has 1 unspecified atom stereocenters. The van der Waals surface area contributed by atoms with Crippen LogP contribution in [0, 0.1) is 11.8 Å². The van der Waals surface area contributed by atoms with E-state index >= 15 is 0 Å². The van der Waals surface area contributed by atoms with Gasteiger partial charge in [-0.2, -0.15) is 13.2 Å². The van der Waals surface area contributed by atoms with Gasteiger partial charge >= 0.3 is 6.18 Å². The van der Waals surface area contributed by atoms with Gasteiger partial charge in [-0.15, -0.1) is 0 Å². The summed E-state index contributed by atoms with van der Waals surface area (Å²) in [6.45, 7) is 2.45. The van der Waals surface area contributed by atoms with E-state index in [1.807, 2.05) is 13.1 Å². The van der Waals surface area contributed by atoms with Gasteiger partial charge in [-0.3, -0.25) is 0 Å². The highest BCUT2D eigenvalue weighted by Gasteiger charge is 2.32. The number of nitrogens with zero attached hydrogens (tertiary/aromatic N) is 3. The smallest absolute Gasteiger partial charge is 0.394 e. The summed E-state index contributed by atoms with van der Waals surface area (Å²) in [6.07, 6.45) is -2.91. The molecule has 2 N–H and O–H groups in total. The van der Waals surface area contributed by atoms with Crippen molar-refractivity contribution in [3.63, 3.8) is 0 Å². The molecule has 1 atom stereocenters. The van der Waals surface area contributed by atoms with Crippen molar-refractivity contribution in [1.29, 1.82) is 0 Å². The molecule has 1 aliphatic rings. The minimum atomic E-state index is -4.43. The van der Waals surface area contributed by atoms with E-state index in [1.165, 1.54) is 23.6 Å². The zero-order chi connectivity index (χ0) is 26.8. The first-order valence-electron chi connectivity index (χ1n) is 11.6. The van der Waals surface area contributed by atoms with Gasteiger partial charge in [-0.25, -0.2) is 13.4 Å². The van der Waals surface area contributed by atoms with E-state index in [0.29, 0.717) is 23.6 Å². The Morgan fingerprint density at radius 1 is 1.30 bits per heavy atom. The molecule has 0 spiro atoms. The molecule has 3 aromatic rings. The quantitative estimate of drug-likeness (QED) is 0.470. The van der Waals surface area contributed by atoms with Crippen LogP contribution in [0.1, 0.15) is 23.0 Å². The summed E-state index contributed by atoms with van der Waals surface area (Å²) in [4.78, 5) is 6.79. The Morgan fingerprint density at radius 3 is 2.76 bits per heavy atom. The van der Waals surface area contributed by atoms with Crippen molar-refractivity contribution >= 4 is 21.2 Å². The number of imidazole rings is 1. The summed E-state index contributed by atoms with van der Waals surface area (Å²) in [5, 5.41) is 6.43. The van der Waals surface area contributed by atoms with Crippen LogP contribution < -0.4 is 15.4 Å². The second kappa shape index (κ2) is 10.6. The molecular weight excluding hydrogens is 507 g/mol. The number of alkyl halides is 3. The Kier molecular flexibility index (Phi) is 7.68. The number of likely N-dealkylation sites (N-methyl/N-ethyl adjacent to an activating group) is 1. The molecule has 198 valence electrons. The van der Waals surface area contributed by atoms with Crippen LogP contribution in [0.15, 0.2) is 41.4 Å². The average Bonchev–Trinajstić information content (AvgIpc) is 3.17. The minimum Gasteiger partial charge on any atom is -0.495 e. The van der Waals surface area contributed by atoms with Gasteiger partial charge in [-0.05, 0) is 31.2 Å². The van der Waals surface area contributed by atoms with E-state index in [2.05, 4.69) is 32.4 Å². The van der Waals surface area contributed by atoms with Crippen LogP contribution in [0.4, 0.5) is 18.9 Å². The monoisotopic (exact) mass is 535 g/mol. The van der Waals surface area contributed by atoms with Crippen LogP contribution in [0.25, 0.3) is 5.65 Å². The first kappa shape index (κ1) is 26.8. The number of aromatic nitrogens is 2. The summed E-state index contributed by atoms with van der Waals surface area (Å²) < 4.78 is 70.7. The number of sulfone groups is 1. The molecule has 0 aliphatic carbocycles. The molecule has 37 heavy (non-hydrogen) atoms. The number of piperazine rings is 1. The highest BCUT2D eigenvalue weighted by molar-refractivity contribution is 7.90. The van der Waals surface area contributed by atoms with Gasteiger partial charge in [0, 0.05) is 49.8 Å². The van der Waals surface area contributed by atoms with Crippen molar-refractivity contribution in [1.82, 2.24) is 19.6 Å². The zero-order valence-corrected chi connectivity index (χ0v) is 21.5. The number of methoxy groups -OCH3 is 1. The SMILES string of the molecule is COc1cc(S(C)(=O)=O)ccc1NCC#Cc1nc2c(C3CN(C)CCN3)cccn2c1CC(F)(F)F. The summed E-state index contributed by atoms with van der Waals surface area (Å²) in [6, 6.07) is 7.93. The molecular formula is C25H28F3N5O3S. The number of hydrogen-bond acceptors (Lipinski definition) is 7. The molecule has 1 saturated heterocycles. The number of rotatable bonds is 6. The third kappa shape index (κ3) is 6.36. The van der Waals surface area contributed by atoms with E-state index in [1.54, 1.807) is 18.3 Å². The van der Waals surface area contributed by atoms with Gasteiger partial charge in [0.25, 0.3) is 0 Å². The standard InChI is InChI=1S/C25H28F3N5O3S/c1-32-13-11-30-21(16-32)18-6-5-12-33-22(15-25(26,27)28)19(31-24(18)33)7-4-10-29-20-9-8-17(37(3,34)35)14-23(20)36-2/h5-6,8-9,12,14,21,29-30H,10-11,13,15-16H2,1-3H3. The fourth-order valence-electron chi connectivity index (χ4n) is 4.29. The maximum atomic E-state index is 13.5. The highest BCUT2D eigenvalue weighted by Crippen LogP contribution is 2.29. The van der Waals surface area contributed by atoms with Crippen LogP contribution in [0.5, 0.6) is 5.75 Å². The number of hydrogen-bond donors (Lipinski definition) is 2. The summed E-state index contributed by atoms with van der Waals surface area (Å²) in [7, 11) is 0.00750. The van der Waals surface area contributed by atoms with Gasteiger partial charge in [-0.1, -0.05) is 12.0 Å². The van der Waals surface area contributed by atoms with Crippen LogP contribution >= 0.6 is 0 Å². The molecule has 4 rings (SSSR count). The Balaban J connectivity index is 1.64. The van der Waals surface area contributed by atoms with E-state index in [0.717, 1.165) is 24.9 Å². The molecule has 12 heteroatoms. The number of anilines is 1. The van der Waals surface area contributed by atoms with Gasteiger partial charge in [0.15, 0.2) is 9.84 Å². The van der Waals surface area contributed by atoms with E-state index in [-0.39, 0.29) is 28.9 Å². The van der Waals surface area contributed by atoms with Crippen LogP contribution in [-0.4, -0.2) is 75.5 Å². The van der Waals surface area contributed by atoms with Crippen molar-refractivity contribution in [3.8, 4) is 17.6 Å². The number of ether oxygens (including phenoxy) is 1. The Hall–Kier alpha value is -3.27. The summed E-state index contributed by atoms with van der Waals surface area (Å²) in [5.74, 6) is 5.94. The first-order chi connectivity index (χ1) is 17.5. The first-order valence-corrected chi connectivity index (χ1v) is 13.4. The molecule has 0 radical (unpaired) electrons. The van der Waals surface area contributed by atoms with Crippen LogP contribution in [-0.2, 0) is 16.3 Å². The normalized spacial score (nSPS) is 16.9. The van der Waals surface area contributed by atoms with Gasteiger partial charge in [0.1, 0.15) is 17.1 Å². The Morgan fingerprint density at radius 2 is 2.08 bits per heavy atom. The molecule has 3 heterocycles. The van der Waals surface area contributed by atoms with Gasteiger partial charge in [0.05, 0.1) is 36.4 Å². The largest absolute Gasteiger partial charge is 0.495 e. The molecule has 8 nitrogen and oxygen atoms in total. The lowest BCUT2D eigenvalue weighted by molar-refractivity contribution is -0.128. The molecule has 2 aromatic heterocycles. The summed E-state index contributed by atoms with van der Waals surface area (Å²) in [5.41, 5.74) is 1.82. The minimum absolute atomic E-state index is 0.0175. The molecule has 0 amide bonds. The van der Waals surface area contributed by atoms with Gasteiger partial charge in [0.2, 0.25) is 0 Å². The third-order valence-electron chi connectivity index (χ3n) is 6.08. The second-order valence-corrected chi connectivity index (χ2v) is 10.9. The predicted molar refractivity (Wildman–Crippen MR) is 135 cm³/mol. The van der Waals surface area contributed by atoms with Crippen molar-refractivity contribution in [3.05, 3.63) is 53.5 Å². The van der Waals surface area contributed by atoms with Crippen LogP contribution in [0.3, 0.4) is 0 Å². The highest BCUT2D eigenvalue weighted by atomic mass is 32.2. The van der Waals surface area contributed by atoms with E-state index in [9.17, 15) is 21.6 Å². The van der Waals surface area contributed by atoms with Crippen molar-refractivity contribution < 1.29 is 26.3 Å². The molecule has 1 aliphatic heterocycles. The molecule has 1 aromatic carbocycles. The molecule has 1 fully saturated rings. The van der Waals surface area contributed by atoms with Gasteiger partial charge < -0.3 is 24.7 Å². The number of pyridine rings is 1. The third-order valence-corrected chi connectivity index (χ3v) is 7.19. The van der Waals surface area contributed by atoms with Crippen molar-refractivity contribution in [2.45, 2.75) is 23.5 Å². The number of halogens is 3. The van der Waals surface area contributed by atoms with E-state index < -0.39 is 22.4 Å². The maximum Gasteiger partial charge on any atom is 0.394 e. The average molecular weight is 536 g/mol. The maximum absolute atomic E-state index is 13.5. The lowest BCUT2D eigenvalue weighted by atomic mass is 10.1. The Bertz CT molecular complexity index is 1460. The molecule has 0 bridgehead atoms. The lowest BCUT2D eigenvalue weighted by Crippen LogP contribution is -2.43. The van der Waals surface area contributed by atoms with Crippen molar-refractivity contribution in [2.75, 3.05) is 51.9 Å². The second-order valence-electron chi connectivity index (χ2n) is 8.91. The fraction of sp³-hybridized carbons (Fsp3) is 0.400. The zero-order valence-electron chi connectivity index (χ0n) is 20.7. The van der Waals surface area contributed by atoms with E-state index in [4.69, 9.17) is 4.74 Å². The number of nitrogens with one attached hydrogen (secondary N) is 2. The predicted octanol–water partition coefficient (Wildman–Crippen LogP) is 2.89. The Labute approximate surface area is 213 Å². The topological polar surface area (TPSA) is 88.0 Å². The fourth-order valence-corrected chi connectivity index (χ4v) is 4.93. The number of benzene rings is 1. The summed E-state index contributed by atoms with van der Waals surface area (Å²) >= 11 is 0. The van der Waals surface area contributed by atoms with Crippen LogP contribution in [0.2, 0.25) is 0 Å². The lowest BCUT2D eigenvalue weighted by Gasteiger charge is -2.31. The molecule has 0 saturated carbocycles.